The Morgan fingerprint density at radius 3 is 2.64 bits per heavy atom. The topological polar surface area (TPSA) is 36.9 Å². The second-order valence-corrected chi connectivity index (χ2v) is 3.54. The van der Waals surface area contributed by atoms with Crippen molar-refractivity contribution in [3.05, 3.63) is 4.77 Å². The van der Waals surface area contributed by atoms with Gasteiger partial charge < -0.3 is 4.90 Å². The van der Waals surface area contributed by atoms with Gasteiger partial charge in [0.1, 0.15) is 0 Å². The Morgan fingerprint density at radius 1 is 1.43 bits per heavy atom. The minimum Gasteiger partial charge on any atom is -0.341 e. The maximum absolute atomic E-state index is 5.14. The number of aromatic nitrogens is 3. The van der Waals surface area contributed by atoms with Crippen LogP contribution in [0.5, 0.6) is 0 Å². The SMILES string of the molecule is CCCN(CC)c1n[nH]c(=S)n1CC. The Balaban J connectivity index is 2.97. The summed E-state index contributed by atoms with van der Waals surface area (Å²) in [5, 5.41) is 7.08. The fourth-order valence-corrected chi connectivity index (χ4v) is 1.76. The van der Waals surface area contributed by atoms with Crippen LogP contribution in [0.1, 0.15) is 27.2 Å². The lowest BCUT2D eigenvalue weighted by molar-refractivity contribution is 0.687. The van der Waals surface area contributed by atoms with E-state index in [1.807, 2.05) is 4.57 Å². The molecule has 0 saturated carbocycles. The predicted octanol–water partition coefficient (Wildman–Crippen LogP) is 2.20. The van der Waals surface area contributed by atoms with Gasteiger partial charge in [0, 0.05) is 19.6 Å². The highest BCUT2D eigenvalue weighted by Crippen LogP contribution is 2.11. The largest absolute Gasteiger partial charge is 0.341 e. The van der Waals surface area contributed by atoms with Crippen molar-refractivity contribution in [1.29, 1.82) is 0 Å². The van der Waals surface area contributed by atoms with Gasteiger partial charge in [-0.15, -0.1) is 5.10 Å². The lowest BCUT2D eigenvalue weighted by Gasteiger charge is -2.20. The van der Waals surface area contributed by atoms with E-state index in [2.05, 4.69) is 35.9 Å². The number of hydrogen-bond acceptors (Lipinski definition) is 3. The number of H-pyrrole nitrogens is 1. The van der Waals surface area contributed by atoms with E-state index in [9.17, 15) is 0 Å². The number of hydrogen-bond donors (Lipinski definition) is 1. The van der Waals surface area contributed by atoms with Crippen LogP contribution in [0.2, 0.25) is 0 Å². The first-order valence-electron chi connectivity index (χ1n) is 5.14. The quantitative estimate of drug-likeness (QED) is 0.763. The van der Waals surface area contributed by atoms with Crippen LogP contribution in [0.3, 0.4) is 0 Å². The van der Waals surface area contributed by atoms with Crippen molar-refractivity contribution in [2.45, 2.75) is 33.7 Å². The van der Waals surface area contributed by atoms with Crippen LogP contribution in [0.4, 0.5) is 5.95 Å². The molecule has 4 nitrogen and oxygen atoms in total. The highest BCUT2D eigenvalue weighted by atomic mass is 32.1. The number of nitrogens with one attached hydrogen (secondary N) is 1. The van der Waals surface area contributed by atoms with Crippen LogP contribution in [0.25, 0.3) is 0 Å². The monoisotopic (exact) mass is 214 g/mol. The molecule has 0 aliphatic carbocycles. The molecule has 0 unspecified atom stereocenters. The first kappa shape index (κ1) is 11.2. The second kappa shape index (κ2) is 5.14. The standard InChI is InChI=1S/C9H18N4S/c1-4-7-12(5-2)8-10-11-9(14)13(8)6-3/h4-7H2,1-3H3,(H,11,14). The van der Waals surface area contributed by atoms with Gasteiger partial charge in [-0.1, -0.05) is 6.92 Å². The van der Waals surface area contributed by atoms with Gasteiger partial charge in [0.15, 0.2) is 4.77 Å². The van der Waals surface area contributed by atoms with Gasteiger partial charge in [-0.05, 0) is 32.5 Å². The fraction of sp³-hybridized carbons (Fsp3) is 0.778. The molecular formula is C9H18N4S. The van der Waals surface area contributed by atoms with E-state index in [4.69, 9.17) is 12.2 Å². The zero-order chi connectivity index (χ0) is 10.6. The third-order valence-electron chi connectivity index (χ3n) is 2.21. The maximum Gasteiger partial charge on any atom is 0.225 e. The third-order valence-corrected chi connectivity index (χ3v) is 2.52. The molecule has 0 aliphatic rings. The van der Waals surface area contributed by atoms with E-state index in [0.29, 0.717) is 4.77 Å². The minimum atomic E-state index is 0.706. The third kappa shape index (κ3) is 2.15. The van der Waals surface area contributed by atoms with Crippen molar-refractivity contribution in [1.82, 2.24) is 14.8 Å². The summed E-state index contributed by atoms with van der Waals surface area (Å²) in [6.45, 7) is 9.23. The lowest BCUT2D eigenvalue weighted by atomic mass is 10.4. The van der Waals surface area contributed by atoms with Crippen LogP contribution in [-0.2, 0) is 6.54 Å². The van der Waals surface area contributed by atoms with E-state index >= 15 is 0 Å². The zero-order valence-corrected chi connectivity index (χ0v) is 9.89. The molecule has 0 amide bonds. The van der Waals surface area contributed by atoms with Gasteiger partial charge in [-0.2, -0.15) is 0 Å². The van der Waals surface area contributed by atoms with Gasteiger partial charge in [-0.25, -0.2) is 5.10 Å². The summed E-state index contributed by atoms with van der Waals surface area (Å²) in [5.74, 6) is 0.960. The summed E-state index contributed by atoms with van der Waals surface area (Å²) in [4.78, 5) is 2.23. The zero-order valence-electron chi connectivity index (χ0n) is 9.08. The van der Waals surface area contributed by atoms with Crippen LogP contribution >= 0.6 is 12.2 Å². The summed E-state index contributed by atoms with van der Waals surface area (Å²) in [6.07, 6.45) is 1.12. The Hall–Kier alpha value is -0.840. The van der Waals surface area contributed by atoms with Crippen LogP contribution in [0.15, 0.2) is 0 Å². The molecular weight excluding hydrogens is 196 g/mol. The molecule has 0 aliphatic heterocycles. The molecule has 1 N–H and O–H groups in total. The van der Waals surface area contributed by atoms with E-state index < -0.39 is 0 Å². The normalized spacial score (nSPS) is 10.5. The van der Waals surface area contributed by atoms with E-state index in [1.54, 1.807) is 0 Å². The minimum absolute atomic E-state index is 0.706. The van der Waals surface area contributed by atoms with Crippen molar-refractivity contribution in [2.24, 2.45) is 0 Å². The van der Waals surface area contributed by atoms with E-state index in [-0.39, 0.29) is 0 Å². The molecule has 1 aromatic rings. The molecule has 0 bridgehead atoms. The number of anilines is 1. The van der Waals surface area contributed by atoms with Gasteiger partial charge in [0.05, 0.1) is 0 Å². The van der Waals surface area contributed by atoms with Crippen molar-refractivity contribution < 1.29 is 0 Å². The van der Waals surface area contributed by atoms with Gasteiger partial charge >= 0.3 is 0 Å². The predicted molar refractivity (Wildman–Crippen MR) is 61.3 cm³/mol. The molecule has 5 heteroatoms. The maximum atomic E-state index is 5.14. The summed E-state index contributed by atoms with van der Waals surface area (Å²) in [7, 11) is 0. The smallest absolute Gasteiger partial charge is 0.225 e. The molecule has 0 saturated heterocycles. The summed E-state index contributed by atoms with van der Waals surface area (Å²) < 4.78 is 2.73. The summed E-state index contributed by atoms with van der Waals surface area (Å²) in [5.41, 5.74) is 0. The first-order valence-corrected chi connectivity index (χ1v) is 5.55. The Labute approximate surface area is 89.9 Å². The van der Waals surface area contributed by atoms with E-state index in [1.165, 1.54) is 0 Å². The molecule has 1 rings (SSSR count). The molecule has 14 heavy (non-hydrogen) atoms. The molecule has 0 aromatic carbocycles. The van der Waals surface area contributed by atoms with Crippen molar-refractivity contribution in [3.63, 3.8) is 0 Å². The number of nitrogens with zero attached hydrogens (tertiary/aromatic N) is 3. The molecule has 0 spiro atoms. The lowest BCUT2D eigenvalue weighted by Crippen LogP contribution is -2.26. The van der Waals surface area contributed by atoms with Gasteiger partial charge in [0.2, 0.25) is 5.95 Å². The highest BCUT2D eigenvalue weighted by Gasteiger charge is 2.10. The first-order chi connectivity index (χ1) is 6.74. The number of rotatable bonds is 5. The van der Waals surface area contributed by atoms with Crippen molar-refractivity contribution >= 4 is 18.2 Å². The highest BCUT2D eigenvalue weighted by molar-refractivity contribution is 7.71. The summed E-state index contributed by atoms with van der Waals surface area (Å²) in [6, 6.07) is 0. The van der Waals surface area contributed by atoms with Crippen molar-refractivity contribution in [2.75, 3.05) is 18.0 Å². The molecule has 0 atom stereocenters. The van der Waals surface area contributed by atoms with Crippen LogP contribution < -0.4 is 4.90 Å². The fourth-order valence-electron chi connectivity index (χ4n) is 1.51. The Kier molecular flexibility index (Phi) is 4.13. The molecule has 1 heterocycles. The molecule has 0 fully saturated rings. The Bertz CT molecular complexity index is 328. The molecule has 0 radical (unpaired) electrons. The number of aromatic amines is 1. The second-order valence-electron chi connectivity index (χ2n) is 3.15. The molecule has 1 aromatic heterocycles. The van der Waals surface area contributed by atoms with Crippen LogP contribution in [0, 0.1) is 4.77 Å². The van der Waals surface area contributed by atoms with Crippen molar-refractivity contribution in [3.8, 4) is 0 Å². The van der Waals surface area contributed by atoms with E-state index in [0.717, 1.165) is 32.0 Å². The average molecular weight is 214 g/mol. The van der Waals surface area contributed by atoms with Gasteiger partial charge in [0.25, 0.3) is 0 Å². The van der Waals surface area contributed by atoms with Crippen LogP contribution in [-0.4, -0.2) is 27.9 Å². The average Bonchev–Trinajstić information content (AvgIpc) is 2.56. The van der Waals surface area contributed by atoms with Gasteiger partial charge in [-0.3, -0.25) is 4.57 Å². The molecule has 80 valence electrons. The summed E-state index contributed by atoms with van der Waals surface area (Å²) >= 11 is 5.14. The Morgan fingerprint density at radius 2 is 2.14 bits per heavy atom.